The molecule has 0 saturated carbocycles. The molecule has 2 aromatic heterocycles. The van der Waals surface area contributed by atoms with E-state index in [1.165, 1.54) is 10.4 Å². The highest BCUT2D eigenvalue weighted by atomic mass is 79.9. The first kappa shape index (κ1) is 16.5. The van der Waals surface area contributed by atoms with Crippen LogP contribution in [-0.4, -0.2) is 14.8 Å². The van der Waals surface area contributed by atoms with Crippen LogP contribution in [0.25, 0.3) is 0 Å². The van der Waals surface area contributed by atoms with E-state index in [2.05, 4.69) is 79.1 Å². The molecule has 3 rings (SSSR count). The van der Waals surface area contributed by atoms with Crippen molar-refractivity contribution in [3.8, 4) is 0 Å². The molecular weight excluding hydrogens is 390 g/mol. The van der Waals surface area contributed by atoms with E-state index >= 15 is 0 Å². The van der Waals surface area contributed by atoms with Gasteiger partial charge in [-0.1, -0.05) is 52.0 Å². The molecule has 2 heterocycles. The molecule has 3 nitrogen and oxygen atoms in total. The molecule has 0 aliphatic rings. The van der Waals surface area contributed by atoms with E-state index in [0.717, 1.165) is 34.2 Å². The number of hydrogen-bond acceptors (Lipinski definition) is 4. The number of allylic oxidation sites excluding steroid dienone is 1. The third kappa shape index (κ3) is 4.34. The van der Waals surface area contributed by atoms with Crippen LogP contribution in [-0.2, 0) is 18.7 Å². The number of halogens is 1. The van der Waals surface area contributed by atoms with Crippen LogP contribution in [0.1, 0.15) is 16.3 Å². The van der Waals surface area contributed by atoms with Crippen LogP contribution in [0.3, 0.4) is 0 Å². The Morgan fingerprint density at radius 3 is 2.74 bits per heavy atom. The minimum atomic E-state index is 0.733. The molecule has 0 fully saturated rings. The molecule has 6 heteroatoms. The minimum Gasteiger partial charge on any atom is -0.302 e. The predicted molar refractivity (Wildman–Crippen MR) is 101 cm³/mol. The highest BCUT2D eigenvalue weighted by Crippen LogP contribution is 2.24. The van der Waals surface area contributed by atoms with Crippen molar-refractivity contribution in [1.82, 2.24) is 14.8 Å². The summed E-state index contributed by atoms with van der Waals surface area (Å²) in [4.78, 5) is 1.30. The first-order valence-corrected chi connectivity index (χ1v) is 9.84. The standard InChI is InChI=1S/C17H16BrN3S2/c1-2-9-21-16(11-15-4-3-10-22-15)19-20-17(21)23-12-13-5-7-14(18)8-6-13/h2-8,10H,1,9,11-12H2. The van der Waals surface area contributed by atoms with Gasteiger partial charge in [0.25, 0.3) is 0 Å². The van der Waals surface area contributed by atoms with Gasteiger partial charge in [0.05, 0.1) is 0 Å². The maximum atomic E-state index is 4.38. The number of nitrogens with zero attached hydrogens (tertiary/aromatic N) is 3. The van der Waals surface area contributed by atoms with Gasteiger partial charge in [-0.2, -0.15) is 0 Å². The molecule has 0 aliphatic carbocycles. The molecule has 0 atom stereocenters. The molecule has 0 aliphatic heterocycles. The van der Waals surface area contributed by atoms with Crippen LogP contribution in [0.2, 0.25) is 0 Å². The number of hydrogen-bond donors (Lipinski definition) is 0. The maximum absolute atomic E-state index is 4.38. The second-order valence-corrected chi connectivity index (χ2v) is 7.86. The third-order valence-corrected chi connectivity index (χ3v) is 5.74. The Bertz CT molecular complexity index is 764. The van der Waals surface area contributed by atoms with Crippen molar-refractivity contribution in [3.63, 3.8) is 0 Å². The summed E-state index contributed by atoms with van der Waals surface area (Å²) in [6.45, 7) is 4.59. The topological polar surface area (TPSA) is 30.7 Å². The number of benzene rings is 1. The van der Waals surface area contributed by atoms with Gasteiger partial charge in [-0.15, -0.1) is 28.1 Å². The minimum absolute atomic E-state index is 0.733. The van der Waals surface area contributed by atoms with Crippen molar-refractivity contribution in [2.45, 2.75) is 23.9 Å². The fraction of sp³-hybridized carbons (Fsp3) is 0.176. The van der Waals surface area contributed by atoms with E-state index in [4.69, 9.17) is 0 Å². The number of aromatic nitrogens is 3. The van der Waals surface area contributed by atoms with Gasteiger partial charge in [0.2, 0.25) is 0 Å². The van der Waals surface area contributed by atoms with Crippen molar-refractivity contribution in [3.05, 3.63) is 75.2 Å². The zero-order valence-electron chi connectivity index (χ0n) is 12.5. The van der Waals surface area contributed by atoms with Gasteiger partial charge in [-0.25, -0.2) is 0 Å². The molecule has 0 bridgehead atoms. The smallest absolute Gasteiger partial charge is 0.191 e. The Labute approximate surface area is 152 Å². The summed E-state index contributed by atoms with van der Waals surface area (Å²) in [5.74, 6) is 1.87. The fourth-order valence-electron chi connectivity index (χ4n) is 2.17. The summed E-state index contributed by atoms with van der Waals surface area (Å²) < 4.78 is 3.25. The summed E-state index contributed by atoms with van der Waals surface area (Å²) in [5, 5.41) is 11.8. The van der Waals surface area contributed by atoms with Crippen molar-refractivity contribution >= 4 is 39.0 Å². The Morgan fingerprint density at radius 1 is 1.22 bits per heavy atom. The van der Waals surface area contributed by atoms with Crippen molar-refractivity contribution in [2.75, 3.05) is 0 Å². The van der Waals surface area contributed by atoms with Crippen molar-refractivity contribution in [2.24, 2.45) is 0 Å². The average molecular weight is 406 g/mol. The lowest BCUT2D eigenvalue weighted by Crippen LogP contribution is -2.04. The molecular formula is C17H16BrN3S2. The molecule has 3 aromatic rings. The molecule has 23 heavy (non-hydrogen) atoms. The van der Waals surface area contributed by atoms with Crippen LogP contribution in [0.4, 0.5) is 0 Å². The van der Waals surface area contributed by atoms with Crippen LogP contribution < -0.4 is 0 Å². The van der Waals surface area contributed by atoms with E-state index in [1.807, 2.05) is 6.08 Å². The van der Waals surface area contributed by atoms with E-state index in [1.54, 1.807) is 23.1 Å². The van der Waals surface area contributed by atoms with Gasteiger partial charge in [0.15, 0.2) is 5.16 Å². The quantitative estimate of drug-likeness (QED) is 0.401. The van der Waals surface area contributed by atoms with Gasteiger partial charge in [0.1, 0.15) is 5.82 Å². The molecule has 0 amide bonds. The van der Waals surface area contributed by atoms with Crippen LogP contribution in [0.15, 0.2) is 64.1 Å². The summed E-state index contributed by atoms with van der Waals surface area (Å²) >= 11 is 6.92. The lowest BCUT2D eigenvalue weighted by atomic mass is 10.2. The SMILES string of the molecule is C=CCn1c(Cc2cccs2)nnc1SCc1ccc(Br)cc1. The third-order valence-electron chi connectivity index (χ3n) is 3.30. The summed E-state index contributed by atoms with van der Waals surface area (Å²) in [5.41, 5.74) is 1.27. The van der Waals surface area contributed by atoms with E-state index in [0.29, 0.717) is 0 Å². The van der Waals surface area contributed by atoms with Crippen LogP contribution >= 0.6 is 39.0 Å². The highest BCUT2D eigenvalue weighted by Gasteiger charge is 2.12. The van der Waals surface area contributed by atoms with E-state index < -0.39 is 0 Å². The number of thioether (sulfide) groups is 1. The second kappa shape index (κ2) is 7.95. The monoisotopic (exact) mass is 405 g/mol. The zero-order valence-corrected chi connectivity index (χ0v) is 15.7. The molecule has 0 unspecified atom stereocenters. The number of rotatable bonds is 7. The zero-order chi connectivity index (χ0) is 16.1. The Balaban J connectivity index is 1.74. The number of thiophene rings is 1. The predicted octanol–water partition coefficient (Wildman–Crippen LogP) is 5.17. The first-order valence-electron chi connectivity index (χ1n) is 7.19. The fourth-order valence-corrected chi connectivity index (χ4v) is 4.05. The van der Waals surface area contributed by atoms with Gasteiger partial charge >= 0.3 is 0 Å². The van der Waals surface area contributed by atoms with E-state index in [-0.39, 0.29) is 0 Å². The lowest BCUT2D eigenvalue weighted by Gasteiger charge is -2.07. The summed E-state index contributed by atoms with van der Waals surface area (Å²) in [6.07, 6.45) is 2.71. The van der Waals surface area contributed by atoms with Crippen LogP contribution in [0.5, 0.6) is 0 Å². The van der Waals surface area contributed by atoms with Gasteiger partial charge in [0, 0.05) is 28.1 Å². The Morgan fingerprint density at radius 2 is 2.04 bits per heavy atom. The normalized spacial score (nSPS) is 10.8. The first-order chi connectivity index (χ1) is 11.3. The van der Waals surface area contributed by atoms with Gasteiger partial charge < -0.3 is 4.57 Å². The molecule has 0 N–H and O–H groups in total. The van der Waals surface area contributed by atoms with Gasteiger partial charge in [-0.05, 0) is 29.1 Å². The van der Waals surface area contributed by atoms with Crippen molar-refractivity contribution < 1.29 is 0 Å². The van der Waals surface area contributed by atoms with Crippen molar-refractivity contribution in [1.29, 1.82) is 0 Å². The summed E-state index contributed by atoms with van der Waals surface area (Å²) in [6, 6.07) is 12.6. The lowest BCUT2D eigenvalue weighted by molar-refractivity contribution is 0.692. The van der Waals surface area contributed by atoms with Gasteiger partial charge in [-0.3, -0.25) is 0 Å². The molecule has 1 aromatic carbocycles. The second-order valence-electron chi connectivity index (χ2n) is 4.97. The average Bonchev–Trinajstić information content (AvgIpc) is 3.19. The molecule has 0 spiro atoms. The van der Waals surface area contributed by atoms with E-state index in [9.17, 15) is 0 Å². The maximum Gasteiger partial charge on any atom is 0.191 e. The molecule has 118 valence electrons. The highest BCUT2D eigenvalue weighted by molar-refractivity contribution is 9.10. The van der Waals surface area contributed by atoms with Crippen LogP contribution in [0, 0.1) is 0 Å². The largest absolute Gasteiger partial charge is 0.302 e. The molecule has 0 radical (unpaired) electrons. The summed E-state index contributed by atoms with van der Waals surface area (Å²) in [7, 11) is 0. The Hall–Kier alpha value is -1.37. The molecule has 0 saturated heterocycles. The Kier molecular flexibility index (Phi) is 5.70.